The number of hydrogen-bond acceptors (Lipinski definition) is 5. The van der Waals surface area contributed by atoms with Gasteiger partial charge in [-0.15, -0.1) is 6.58 Å². The lowest BCUT2D eigenvalue weighted by Crippen LogP contribution is -2.50. The zero-order valence-electron chi connectivity index (χ0n) is 16.4. The lowest BCUT2D eigenvalue weighted by molar-refractivity contribution is -0.117. The smallest absolute Gasteiger partial charge is 0.410 e. The second-order valence-corrected chi connectivity index (χ2v) is 8.03. The second kappa shape index (κ2) is 7.58. The van der Waals surface area contributed by atoms with E-state index < -0.39 is 5.60 Å². The fourth-order valence-corrected chi connectivity index (χ4v) is 3.31. The van der Waals surface area contributed by atoms with E-state index in [-0.39, 0.29) is 17.9 Å². The van der Waals surface area contributed by atoms with E-state index in [1.165, 1.54) is 0 Å². The summed E-state index contributed by atoms with van der Waals surface area (Å²) in [6.45, 7) is 12.7. The van der Waals surface area contributed by atoms with E-state index in [2.05, 4.69) is 16.5 Å². The highest BCUT2D eigenvalue weighted by Gasteiger charge is 2.29. The number of ether oxygens (including phenoxy) is 1. The van der Waals surface area contributed by atoms with Crippen molar-refractivity contribution in [3.05, 3.63) is 31.0 Å². The van der Waals surface area contributed by atoms with Crippen molar-refractivity contribution >= 4 is 23.5 Å². The van der Waals surface area contributed by atoms with Crippen LogP contribution >= 0.6 is 0 Å². The SMILES string of the molecule is C=CC1CC(=O)N(c2ccc(N3CCN(C(=O)OC(C)(C)C)CC3)nc2)C1. The molecule has 146 valence electrons. The molecular formula is C20H28N4O3. The molecule has 2 saturated heterocycles. The third kappa shape index (κ3) is 4.59. The van der Waals surface area contributed by atoms with Crippen LogP contribution in [0.3, 0.4) is 0 Å². The first-order valence-electron chi connectivity index (χ1n) is 9.38. The molecule has 0 aromatic carbocycles. The van der Waals surface area contributed by atoms with Gasteiger partial charge in [-0.3, -0.25) is 4.79 Å². The number of rotatable bonds is 3. The van der Waals surface area contributed by atoms with Crippen molar-refractivity contribution in [2.24, 2.45) is 5.92 Å². The van der Waals surface area contributed by atoms with Crippen LogP contribution in [-0.2, 0) is 9.53 Å². The van der Waals surface area contributed by atoms with Gasteiger partial charge < -0.3 is 19.4 Å². The number of anilines is 2. The summed E-state index contributed by atoms with van der Waals surface area (Å²) in [7, 11) is 0. The predicted molar refractivity (Wildman–Crippen MR) is 105 cm³/mol. The highest BCUT2D eigenvalue weighted by molar-refractivity contribution is 5.95. The van der Waals surface area contributed by atoms with Gasteiger partial charge >= 0.3 is 6.09 Å². The molecule has 0 radical (unpaired) electrons. The monoisotopic (exact) mass is 372 g/mol. The molecule has 0 aliphatic carbocycles. The third-order valence-corrected chi connectivity index (χ3v) is 4.79. The maximum Gasteiger partial charge on any atom is 0.410 e. The maximum atomic E-state index is 12.2. The molecule has 3 heterocycles. The Kier molecular flexibility index (Phi) is 5.39. The van der Waals surface area contributed by atoms with Gasteiger partial charge in [0, 0.05) is 45.1 Å². The van der Waals surface area contributed by atoms with Gasteiger partial charge in [0.2, 0.25) is 5.91 Å². The van der Waals surface area contributed by atoms with Crippen LogP contribution in [0.15, 0.2) is 31.0 Å². The van der Waals surface area contributed by atoms with Crippen LogP contribution in [0.5, 0.6) is 0 Å². The van der Waals surface area contributed by atoms with Gasteiger partial charge in [-0.05, 0) is 32.9 Å². The Morgan fingerprint density at radius 2 is 1.96 bits per heavy atom. The van der Waals surface area contributed by atoms with Crippen LogP contribution in [0.1, 0.15) is 27.2 Å². The molecule has 2 aliphatic heterocycles. The molecule has 2 amide bonds. The summed E-state index contributed by atoms with van der Waals surface area (Å²) < 4.78 is 5.43. The van der Waals surface area contributed by atoms with E-state index in [0.29, 0.717) is 39.1 Å². The minimum Gasteiger partial charge on any atom is -0.444 e. The Morgan fingerprint density at radius 3 is 2.48 bits per heavy atom. The summed E-state index contributed by atoms with van der Waals surface area (Å²) >= 11 is 0. The first kappa shape index (κ1) is 19.2. The first-order chi connectivity index (χ1) is 12.8. The van der Waals surface area contributed by atoms with Gasteiger partial charge in [0.15, 0.2) is 0 Å². The van der Waals surface area contributed by atoms with Crippen molar-refractivity contribution < 1.29 is 14.3 Å². The Morgan fingerprint density at radius 1 is 1.26 bits per heavy atom. The molecule has 2 fully saturated rings. The quantitative estimate of drug-likeness (QED) is 0.763. The molecule has 1 unspecified atom stereocenters. The van der Waals surface area contributed by atoms with E-state index in [9.17, 15) is 9.59 Å². The molecular weight excluding hydrogens is 344 g/mol. The van der Waals surface area contributed by atoms with E-state index in [4.69, 9.17) is 4.74 Å². The zero-order valence-corrected chi connectivity index (χ0v) is 16.4. The van der Waals surface area contributed by atoms with Gasteiger partial charge in [0.05, 0.1) is 11.9 Å². The highest BCUT2D eigenvalue weighted by Crippen LogP contribution is 2.26. The first-order valence-corrected chi connectivity index (χ1v) is 9.38. The van der Waals surface area contributed by atoms with Gasteiger partial charge in [0.1, 0.15) is 11.4 Å². The molecule has 1 aromatic heterocycles. The molecule has 3 rings (SSSR count). The summed E-state index contributed by atoms with van der Waals surface area (Å²) in [4.78, 5) is 34.4. The maximum absolute atomic E-state index is 12.2. The Bertz CT molecular complexity index is 703. The van der Waals surface area contributed by atoms with E-state index in [1.807, 2.05) is 39.0 Å². The third-order valence-electron chi connectivity index (χ3n) is 4.79. The number of aromatic nitrogens is 1. The fourth-order valence-electron chi connectivity index (χ4n) is 3.31. The minimum atomic E-state index is -0.483. The summed E-state index contributed by atoms with van der Waals surface area (Å²) in [5.41, 5.74) is 0.337. The van der Waals surface area contributed by atoms with E-state index in [0.717, 1.165) is 11.5 Å². The van der Waals surface area contributed by atoms with Crippen molar-refractivity contribution in [1.29, 1.82) is 0 Å². The van der Waals surface area contributed by atoms with Crippen LogP contribution in [-0.4, -0.2) is 60.2 Å². The standard InChI is InChI=1S/C20H28N4O3/c1-5-15-12-18(25)24(14-15)16-6-7-17(21-13-16)22-8-10-23(11-9-22)19(26)27-20(2,3)4/h5-7,13,15H,1,8-12,14H2,2-4H3. The van der Waals surface area contributed by atoms with Crippen molar-refractivity contribution in [2.45, 2.75) is 32.8 Å². The lowest BCUT2D eigenvalue weighted by atomic mass is 10.1. The minimum absolute atomic E-state index is 0.112. The number of pyridine rings is 1. The summed E-state index contributed by atoms with van der Waals surface area (Å²) in [5, 5.41) is 0. The largest absolute Gasteiger partial charge is 0.444 e. The Hall–Kier alpha value is -2.57. The van der Waals surface area contributed by atoms with Crippen LogP contribution in [0, 0.1) is 5.92 Å². The van der Waals surface area contributed by atoms with Crippen molar-refractivity contribution in [3.8, 4) is 0 Å². The second-order valence-electron chi connectivity index (χ2n) is 8.03. The van der Waals surface area contributed by atoms with E-state index in [1.54, 1.807) is 16.0 Å². The molecule has 27 heavy (non-hydrogen) atoms. The molecule has 1 atom stereocenters. The lowest BCUT2D eigenvalue weighted by Gasteiger charge is -2.36. The zero-order chi connectivity index (χ0) is 19.6. The van der Waals surface area contributed by atoms with Crippen molar-refractivity contribution in [2.75, 3.05) is 42.5 Å². The van der Waals surface area contributed by atoms with Crippen molar-refractivity contribution in [1.82, 2.24) is 9.88 Å². The fraction of sp³-hybridized carbons (Fsp3) is 0.550. The normalized spacial score (nSPS) is 20.8. The molecule has 2 aliphatic rings. The molecule has 1 aromatic rings. The Labute approximate surface area is 160 Å². The van der Waals surface area contributed by atoms with Gasteiger partial charge in [-0.1, -0.05) is 6.08 Å². The topological polar surface area (TPSA) is 66.0 Å². The molecule has 7 heteroatoms. The van der Waals surface area contributed by atoms with Gasteiger partial charge in [-0.25, -0.2) is 9.78 Å². The van der Waals surface area contributed by atoms with Crippen molar-refractivity contribution in [3.63, 3.8) is 0 Å². The average Bonchev–Trinajstić information content (AvgIpc) is 3.01. The number of piperazine rings is 1. The van der Waals surface area contributed by atoms with Crippen LogP contribution < -0.4 is 9.80 Å². The molecule has 0 saturated carbocycles. The average molecular weight is 372 g/mol. The number of amides is 2. The molecule has 0 N–H and O–H groups in total. The summed E-state index contributed by atoms with van der Waals surface area (Å²) in [6, 6.07) is 3.87. The molecule has 0 bridgehead atoms. The highest BCUT2D eigenvalue weighted by atomic mass is 16.6. The summed E-state index contributed by atoms with van der Waals surface area (Å²) in [5.74, 6) is 1.17. The number of nitrogens with zero attached hydrogens (tertiary/aromatic N) is 4. The number of hydrogen-bond donors (Lipinski definition) is 0. The Balaban J connectivity index is 1.57. The number of carbonyl (C=O) groups is 2. The molecule has 0 spiro atoms. The van der Waals surface area contributed by atoms with Gasteiger partial charge in [-0.2, -0.15) is 0 Å². The van der Waals surface area contributed by atoms with Crippen LogP contribution in [0.4, 0.5) is 16.3 Å². The van der Waals surface area contributed by atoms with E-state index >= 15 is 0 Å². The van der Waals surface area contributed by atoms with Crippen LogP contribution in [0.25, 0.3) is 0 Å². The van der Waals surface area contributed by atoms with Gasteiger partial charge in [0.25, 0.3) is 0 Å². The predicted octanol–water partition coefficient (Wildman–Crippen LogP) is 2.68. The molecule has 7 nitrogen and oxygen atoms in total. The number of carbonyl (C=O) groups excluding carboxylic acids is 2. The van der Waals surface area contributed by atoms with Crippen LogP contribution in [0.2, 0.25) is 0 Å². The summed E-state index contributed by atoms with van der Waals surface area (Å²) in [6.07, 6.45) is 3.83.